The predicted molar refractivity (Wildman–Crippen MR) is 256 cm³/mol. The zero-order chi connectivity index (χ0) is 50.6. The lowest BCUT2D eigenvalue weighted by atomic mass is 9.77. The summed E-state index contributed by atoms with van der Waals surface area (Å²) >= 11 is 0. The lowest BCUT2D eigenvalue weighted by molar-refractivity contribution is -0.265. The van der Waals surface area contributed by atoms with Crippen LogP contribution in [0.3, 0.4) is 0 Å². The van der Waals surface area contributed by atoms with Crippen LogP contribution in [0, 0.1) is 35.5 Å². The van der Waals surface area contributed by atoms with E-state index in [0.717, 1.165) is 18.4 Å². The second kappa shape index (κ2) is 25.7. The Bertz CT molecular complexity index is 2020. The quantitative estimate of drug-likeness (QED) is 0.181. The van der Waals surface area contributed by atoms with E-state index in [4.69, 9.17) is 23.7 Å². The molecular weight excluding hydrogens is 887 g/mol. The second-order valence-corrected chi connectivity index (χ2v) is 20.3. The molecule has 3 aliphatic heterocycles. The number of piperidine rings is 1. The number of methoxy groups -OCH3 is 3. The zero-order valence-electron chi connectivity index (χ0n) is 42.5. The van der Waals surface area contributed by atoms with Crippen molar-refractivity contribution in [2.75, 3.05) is 27.9 Å². The third kappa shape index (κ3) is 14.2. The van der Waals surface area contributed by atoms with E-state index in [2.05, 4.69) is 15.4 Å². The highest BCUT2D eigenvalue weighted by Gasteiger charge is 2.53. The molecule has 15 atom stereocenters. The molecule has 3 fully saturated rings. The molecule has 2 saturated heterocycles. The van der Waals surface area contributed by atoms with Gasteiger partial charge in [-0.1, -0.05) is 71.1 Å². The van der Waals surface area contributed by atoms with Gasteiger partial charge in [-0.05, 0) is 112 Å². The number of ether oxygens (including phenoxy) is 5. The first-order valence-electron chi connectivity index (χ1n) is 25.0. The van der Waals surface area contributed by atoms with Crippen LogP contribution in [0.2, 0.25) is 0 Å². The van der Waals surface area contributed by atoms with Crippen LogP contribution in [-0.2, 0) is 47.7 Å². The number of aliphatic hydroxyl groups excluding tert-OH is 1. The number of tetrazole rings is 1. The van der Waals surface area contributed by atoms with E-state index in [1.807, 2.05) is 58.1 Å². The fraction of sp³-hybridized carbons (Fsp3) is 0.731. The summed E-state index contributed by atoms with van der Waals surface area (Å²) < 4.78 is 29.9. The molecule has 1 saturated carbocycles. The molecule has 17 nitrogen and oxygen atoms in total. The van der Waals surface area contributed by atoms with Crippen LogP contribution in [0.5, 0.6) is 0 Å². The van der Waals surface area contributed by atoms with Gasteiger partial charge in [0, 0.05) is 58.5 Å². The van der Waals surface area contributed by atoms with Crippen LogP contribution in [0.25, 0.3) is 0 Å². The first kappa shape index (κ1) is 55.7. The van der Waals surface area contributed by atoms with Crippen molar-refractivity contribution in [1.29, 1.82) is 0 Å². The van der Waals surface area contributed by atoms with Crippen molar-refractivity contribution >= 4 is 29.2 Å². The van der Waals surface area contributed by atoms with Crippen LogP contribution < -0.4 is 0 Å². The van der Waals surface area contributed by atoms with Crippen LogP contribution in [0.1, 0.15) is 132 Å². The number of carbonyl (C=O) groups excluding carboxylic acids is 5. The van der Waals surface area contributed by atoms with Gasteiger partial charge in [0.05, 0.1) is 24.4 Å². The van der Waals surface area contributed by atoms with E-state index < -0.39 is 77.8 Å². The lowest BCUT2D eigenvalue weighted by Crippen LogP contribution is -2.61. The monoisotopic (exact) mass is 966 g/mol. The standard InChI is InChI=1S/C52H79N5O12/c1-31-16-12-11-13-17-32(2)43(65-8)28-39-21-19-37(7)52(64,69-39)49(61)50(62)56-23-15-14-18-41(56)51(63)68-44(34(4)26-38-20-22-40(45(27-38)66-9)57-54-30-53-55-57)29-42(58)33(3)25-36(6)47(60)48(67-10)46(59)35(5)24-31/h11-13,16-17,25,30-31,33-35,37-41,43-45,47-48,60,64H,14-15,18-24,26-29H2,1-10H3/b13-11+,16-12-,32-17+,36-25+/t31-,33-,34-,35+,37-,38+,39+,40-,41?,43+,44+,45-,47-,48+,52-/m1/s1. The molecule has 1 aromatic heterocycles. The molecule has 2 bridgehead atoms. The largest absolute Gasteiger partial charge is 0.460 e. The average Bonchev–Trinajstić information content (AvgIpc) is 3.88. The minimum Gasteiger partial charge on any atom is -0.460 e. The maximum absolute atomic E-state index is 14.5. The number of nitrogens with zero attached hydrogens (tertiary/aromatic N) is 5. The van der Waals surface area contributed by atoms with Crippen molar-refractivity contribution in [3.8, 4) is 0 Å². The number of Topliss-reactive ketones (excluding diaryl/α,β-unsaturated/α-hetero) is 3. The molecule has 4 heterocycles. The Morgan fingerprint density at radius 3 is 2.32 bits per heavy atom. The number of hydrogen-bond donors (Lipinski definition) is 2. The van der Waals surface area contributed by atoms with Crippen molar-refractivity contribution in [3.63, 3.8) is 0 Å². The van der Waals surface area contributed by atoms with Gasteiger partial charge in [-0.25, -0.2) is 4.79 Å². The number of hydrogen-bond acceptors (Lipinski definition) is 15. The number of ketones is 3. The number of carbonyl (C=O) groups is 5. The summed E-state index contributed by atoms with van der Waals surface area (Å²) in [6.07, 6.45) is 13.7. The molecule has 17 heteroatoms. The maximum atomic E-state index is 14.5. The average molecular weight is 966 g/mol. The summed E-state index contributed by atoms with van der Waals surface area (Å²) in [7, 11) is 4.61. The summed E-state index contributed by atoms with van der Waals surface area (Å²) in [5.74, 6) is -7.94. The molecule has 0 aromatic carbocycles. The predicted octanol–water partition coefficient (Wildman–Crippen LogP) is 6.05. The van der Waals surface area contributed by atoms with Gasteiger partial charge < -0.3 is 38.8 Å². The summed E-state index contributed by atoms with van der Waals surface area (Å²) in [6.45, 7) is 12.8. The number of cyclic esters (lactones) is 1. The fourth-order valence-electron chi connectivity index (χ4n) is 10.7. The first-order valence-corrected chi connectivity index (χ1v) is 25.0. The van der Waals surface area contributed by atoms with Gasteiger partial charge in [0.15, 0.2) is 12.1 Å². The lowest BCUT2D eigenvalue weighted by Gasteiger charge is -2.42. The van der Waals surface area contributed by atoms with Gasteiger partial charge in [-0.15, -0.1) is 10.2 Å². The molecule has 4 aliphatic rings. The Hall–Kier alpha value is -4.26. The Morgan fingerprint density at radius 1 is 0.884 bits per heavy atom. The van der Waals surface area contributed by atoms with Crippen molar-refractivity contribution < 1.29 is 57.9 Å². The third-order valence-electron chi connectivity index (χ3n) is 15.1. The zero-order valence-corrected chi connectivity index (χ0v) is 42.5. The van der Waals surface area contributed by atoms with Crippen molar-refractivity contribution in [3.05, 3.63) is 53.9 Å². The molecule has 1 aliphatic carbocycles. The summed E-state index contributed by atoms with van der Waals surface area (Å²) in [5, 5.41) is 35.7. The van der Waals surface area contributed by atoms with Gasteiger partial charge in [-0.3, -0.25) is 19.2 Å². The van der Waals surface area contributed by atoms with Crippen LogP contribution in [0.4, 0.5) is 0 Å². The Balaban J connectivity index is 1.46. The highest BCUT2D eigenvalue weighted by Crippen LogP contribution is 2.39. The van der Waals surface area contributed by atoms with Gasteiger partial charge in [-0.2, -0.15) is 4.80 Å². The Morgan fingerprint density at radius 2 is 1.64 bits per heavy atom. The molecule has 2 N–H and O–H groups in total. The first-order chi connectivity index (χ1) is 32.8. The van der Waals surface area contributed by atoms with Gasteiger partial charge in [0.2, 0.25) is 5.79 Å². The van der Waals surface area contributed by atoms with E-state index in [-0.39, 0.29) is 60.9 Å². The van der Waals surface area contributed by atoms with E-state index in [0.29, 0.717) is 56.9 Å². The summed E-state index contributed by atoms with van der Waals surface area (Å²) in [6, 6.07) is -1.24. The van der Waals surface area contributed by atoms with Crippen LogP contribution >= 0.6 is 0 Å². The highest BCUT2D eigenvalue weighted by molar-refractivity contribution is 6.39. The number of fused-ring (bicyclic) bond motifs is 3. The summed E-state index contributed by atoms with van der Waals surface area (Å²) in [4.78, 5) is 73.9. The summed E-state index contributed by atoms with van der Waals surface area (Å²) in [5.41, 5.74) is 1.27. The number of aromatic nitrogens is 4. The van der Waals surface area contributed by atoms with Gasteiger partial charge in [0.1, 0.15) is 30.1 Å². The van der Waals surface area contributed by atoms with Gasteiger partial charge in [0.25, 0.3) is 11.7 Å². The molecule has 69 heavy (non-hydrogen) atoms. The minimum absolute atomic E-state index is 0.0168. The number of rotatable bonds is 7. The maximum Gasteiger partial charge on any atom is 0.329 e. The van der Waals surface area contributed by atoms with E-state index in [9.17, 15) is 34.2 Å². The number of aliphatic hydroxyl groups is 2. The fourth-order valence-corrected chi connectivity index (χ4v) is 10.7. The third-order valence-corrected chi connectivity index (χ3v) is 15.1. The topological polar surface area (TPSA) is 219 Å². The van der Waals surface area contributed by atoms with Crippen LogP contribution in [-0.4, -0.2) is 141 Å². The van der Waals surface area contributed by atoms with E-state index in [1.165, 1.54) is 18.3 Å². The second-order valence-electron chi connectivity index (χ2n) is 20.3. The number of amides is 1. The van der Waals surface area contributed by atoms with Gasteiger partial charge >= 0.3 is 5.97 Å². The molecule has 1 aromatic rings. The normalized spacial score (nSPS) is 38.8. The number of esters is 1. The molecular formula is C52H79N5O12. The molecule has 1 amide bonds. The molecule has 0 radical (unpaired) electrons. The van der Waals surface area contributed by atoms with Crippen molar-refractivity contribution in [1.82, 2.24) is 25.1 Å². The number of allylic oxidation sites excluding steroid dienone is 6. The molecule has 5 rings (SSSR count). The highest BCUT2D eigenvalue weighted by atomic mass is 16.6. The minimum atomic E-state index is -2.43. The van der Waals surface area contributed by atoms with Crippen molar-refractivity contribution in [2.45, 2.75) is 180 Å². The molecule has 1 unspecified atom stereocenters. The Kier molecular flexibility index (Phi) is 20.8. The van der Waals surface area contributed by atoms with Crippen LogP contribution in [0.15, 0.2) is 53.9 Å². The van der Waals surface area contributed by atoms with E-state index >= 15 is 0 Å². The smallest absolute Gasteiger partial charge is 0.329 e. The van der Waals surface area contributed by atoms with Crippen molar-refractivity contribution in [2.24, 2.45) is 35.5 Å². The Labute approximate surface area is 408 Å². The SMILES string of the molecule is CO[C@H]1C[C@@H]2CC[C@@H](C)[C@@](O)(O2)C(=O)C(=O)N2CCCCC2C(=O)O[C@H]([C@H](C)C[C@@H]2CC[C@@H](n3ncnn3)[C@H](OC)C2)CC(=O)[C@H](C)/C=C(\C)[C@@H](O)[C@@H](OC)C(=O)[C@@H](C)C[C@H](C)\C=C/C=C/C=C/1C. The molecule has 384 valence electrons. The molecule has 0 spiro atoms. The van der Waals surface area contributed by atoms with E-state index in [1.54, 1.807) is 45.9 Å².